The van der Waals surface area contributed by atoms with E-state index in [1.165, 1.54) is 18.4 Å². The van der Waals surface area contributed by atoms with Gasteiger partial charge in [-0.3, -0.25) is 0 Å². The molecule has 0 aliphatic heterocycles. The van der Waals surface area contributed by atoms with Crippen molar-refractivity contribution in [3.05, 3.63) is 23.8 Å². The highest BCUT2D eigenvalue weighted by Crippen LogP contribution is 2.33. The summed E-state index contributed by atoms with van der Waals surface area (Å²) < 4.78 is 11.7. The normalized spacial score (nSPS) is 23.6. The average Bonchev–Trinajstić information content (AvgIpc) is 2.50. The summed E-state index contributed by atoms with van der Waals surface area (Å²) in [5.74, 6) is 2.53. The fourth-order valence-electron chi connectivity index (χ4n) is 2.91. The monoisotopic (exact) mass is 291 g/mol. The molecule has 1 fully saturated rings. The smallest absolute Gasteiger partial charge is 0.161 e. The van der Waals surface area contributed by atoms with Crippen molar-refractivity contribution >= 4 is 0 Å². The summed E-state index contributed by atoms with van der Waals surface area (Å²) in [6, 6.07) is 6.42. The van der Waals surface area contributed by atoms with Gasteiger partial charge in [0.25, 0.3) is 0 Å². The van der Waals surface area contributed by atoms with Crippen LogP contribution in [0.15, 0.2) is 18.2 Å². The van der Waals surface area contributed by atoms with Gasteiger partial charge in [0.1, 0.15) is 0 Å². The Bertz CT molecular complexity index is 439. The standard InChI is InChI=1S/C18H29NO2/c1-4-15(19)11-14-7-10-17(18(12-14)20-3)21-16-8-5-13(2)6-9-16/h7,10,12-13,15-16H,4-6,8-9,11,19H2,1-3H3. The van der Waals surface area contributed by atoms with Gasteiger partial charge in [0, 0.05) is 6.04 Å². The largest absolute Gasteiger partial charge is 0.493 e. The van der Waals surface area contributed by atoms with Crippen molar-refractivity contribution in [1.29, 1.82) is 0 Å². The molecular formula is C18H29NO2. The maximum Gasteiger partial charge on any atom is 0.161 e. The van der Waals surface area contributed by atoms with E-state index in [1.54, 1.807) is 7.11 Å². The van der Waals surface area contributed by atoms with Crippen LogP contribution in [0.2, 0.25) is 0 Å². The molecule has 1 atom stereocenters. The molecule has 1 aliphatic carbocycles. The molecule has 1 aromatic rings. The highest BCUT2D eigenvalue weighted by atomic mass is 16.5. The van der Waals surface area contributed by atoms with Crippen molar-refractivity contribution in [2.45, 2.75) is 64.5 Å². The van der Waals surface area contributed by atoms with Crippen molar-refractivity contribution < 1.29 is 9.47 Å². The van der Waals surface area contributed by atoms with Crippen LogP contribution in [0.5, 0.6) is 11.5 Å². The van der Waals surface area contributed by atoms with Crippen LogP contribution in [-0.2, 0) is 6.42 Å². The van der Waals surface area contributed by atoms with Crippen LogP contribution in [0.1, 0.15) is 51.5 Å². The van der Waals surface area contributed by atoms with E-state index in [-0.39, 0.29) is 6.04 Å². The molecule has 2 N–H and O–H groups in total. The Balaban J connectivity index is 2.02. The lowest BCUT2D eigenvalue weighted by atomic mass is 9.89. The van der Waals surface area contributed by atoms with E-state index in [4.69, 9.17) is 15.2 Å². The van der Waals surface area contributed by atoms with Gasteiger partial charge in [-0.1, -0.05) is 19.9 Å². The Morgan fingerprint density at radius 3 is 2.52 bits per heavy atom. The second-order valence-electron chi connectivity index (χ2n) is 6.36. The molecule has 1 aromatic carbocycles. The topological polar surface area (TPSA) is 44.5 Å². The van der Waals surface area contributed by atoms with Gasteiger partial charge in [0.05, 0.1) is 13.2 Å². The third-order valence-electron chi connectivity index (χ3n) is 4.51. The fourth-order valence-corrected chi connectivity index (χ4v) is 2.91. The van der Waals surface area contributed by atoms with E-state index in [0.717, 1.165) is 43.1 Å². The third-order valence-corrected chi connectivity index (χ3v) is 4.51. The third kappa shape index (κ3) is 4.63. The van der Waals surface area contributed by atoms with Gasteiger partial charge >= 0.3 is 0 Å². The van der Waals surface area contributed by atoms with E-state index in [1.807, 2.05) is 6.07 Å². The Morgan fingerprint density at radius 1 is 1.19 bits per heavy atom. The second kappa shape index (κ2) is 7.69. The second-order valence-corrected chi connectivity index (χ2v) is 6.36. The van der Waals surface area contributed by atoms with Gasteiger partial charge in [-0.15, -0.1) is 0 Å². The molecule has 0 aromatic heterocycles. The number of rotatable bonds is 6. The van der Waals surface area contributed by atoms with E-state index < -0.39 is 0 Å². The molecule has 3 heteroatoms. The maximum atomic E-state index is 6.16. The number of methoxy groups -OCH3 is 1. The lowest BCUT2D eigenvalue weighted by molar-refractivity contribution is 0.131. The number of ether oxygens (including phenoxy) is 2. The highest BCUT2D eigenvalue weighted by Gasteiger charge is 2.20. The van der Waals surface area contributed by atoms with Gasteiger partial charge in [0.15, 0.2) is 11.5 Å². The quantitative estimate of drug-likeness (QED) is 0.863. The van der Waals surface area contributed by atoms with Crippen molar-refractivity contribution in [2.24, 2.45) is 11.7 Å². The van der Waals surface area contributed by atoms with Crippen LogP contribution in [-0.4, -0.2) is 19.3 Å². The van der Waals surface area contributed by atoms with Crippen molar-refractivity contribution in [3.8, 4) is 11.5 Å². The van der Waals surface area contributed by atoms with Crippen LogP contribution in [0.25, 0.3) is 0 Å². The minimum absolute atomic E-state index is 0.210. The minimum atomic E-state index is 0.210. The lowest BCUT2D eigenvalue weighted by Gasteiger charge is -2.27. The van der Waals surface area contributed by atoms with E-state index in [0.29, 0.717) is 6.10 Å². The predicted molar refractivity (Wildman–Crippen MR) is 87.0 cm³/mol. The summed E-state index contributed by atoms with van der Waals surface area (Å²) >= 11 is 0. The summed E-state index contributed by atoms with van der Waals surface area (Å²) in [6.07, 6.45) is 7.01. The summed E-state index contributed by atoms with van der Waals surface area (Å²) in [5.41, 5.74) is 7.24. The number of nitrogens with two attached hydrogens (primary N) is 1. The molecule has 0 heterocycles. The molecule has 1 saturated carbocycles. The fraction of sp³-hybridized carbons (Fsp3) is 0.667. The number of hydrogen-bond donors (Lipinski definition) is 1. The molecule has 0 radical (unpaired) electrons. The van der Waals surface area contributed by atoms with Crippen molar-refractivity contribution in [2.75, 3.05) is 7.11 Å². The first kappa shape index (κ1) is 16.2. The zero-order chi connectivity index (χ0) is 15.2. The minimum Gasteiger partial charge on any atom is -0.493 e. The zero-order valence-corrected chi connectivity index (χ0v) is 13.6. The van der Waals surface area contributed by atoms with Gasteiger partial charge in [0.2, 0.25) is 0 Å². The SMILES string of the molecule is CCC(N)Cc1ccc(OC2CCC(C)CC2)c(OC)c1. The summed E-state index contributed by atoms with van der Waals surface area (Å²) in [5, 5.41) is 0. The molecule has 1 unspecified atom stereocenters. The number of benzene rings is 1. The maximum absolute atomic E-state index is 6.16. The van der Waals surface area contributed by atoms with Crippen molar-refractivity contribution in [3.63, 3.8) is 0 Å². The summed E-state index contributed by atoms with van der Waals surface area (Å²) in [6.45, 7) is 4.44. The van der Waals surface area contributed by atoms with Gasteiger partial charge in [-0.25, -0.2) is 0 Å². The predicted octanol–water partition coefficient (Wildman–Crippen LogP) is 3.93. The molecule has 0 amide bonds. The van der Waals surface area contributed by atoms with Gasteiger partial charge < -0.3 is 15.2 Å². The first-order chi connectivity index (χ1) is 10.1. The van der Waals surface area contributed by atoms with Gasteiger partial charge in [-0.05, 0) is 62.1 Å². The zero-order valence-electron chi connectivity index (χ0n) is 13.6. The van der Waals surface area contributed by atoms with Crippen molar-refractivity contribution in [1.82, 2.24) is 0 Å². The first-order valence-corrected chi connectivity index (χ1v) is 8.21. The van der Waals surface area contributed by atoms with Crippen LogP contribution in [0.4, 0.5) is 0 Å². The molecule has 118 valence electrons. The van der Waals surface area contributed by atoms with E-state index in [9.17, 15) is 0 Å². The lowest BCUT2D eigenvalue weighted by Crippen LogP contribution is -2.23. The highest BCUT2D eigenvalue weighted by molar-refractivity contribution is 5.43. The molecule has 0 spiro atoms. The Morgan fingerprint density at radius 2 is 1.90 bits per heavy atom. The van der Waals surface area contributed by atoms with E-state index >= 15 is 0 Å². The molecule has 3 nitrogen and oxygen atoms in total. The average molecular weight is 291 g/mol. The Hall–Kier alpha value is -1.22. The number of hydrogen-bond acceptors (Lipinski definition) is 3. The molecule has 0 bridgehead atoms. The molecule has 1 aliphatic rings. The Kier molecular flexibility index (Phi) is 5.92. The van der Waals surface area contributed by atoms with Crippen LogP contribution in [0.3, 0.4) is 0 Å². The summed E-state index contributed by atoms with van der Waals surface area (Å²) in [7, 11) is 1.70. The molecule has 2 rings (SSSR count). The van der Waals surface area contributed by atoms with Crippen LogP contribution < -0.4 is 15.2 Å². The molecule has 0 saturated heterocycles. The first-order valence-electron chi connectivity index (χ1n) is 8.21. The van der Waals surface area contributed by atoms with E-state index in [2.05, 4.69) is 26.0 Å². The van der Waals surface area contributed by atoms with Crippen LogP contribution >= 0.6 is 0 Å². The van der Waals surface area contributed by atoms with Crippen LogP contribution in [0, 0.1) is 5.92 Å². The summed E-state index contributed by atoms with van der Waals surface area (Å²) in [4.78, 5) is 0. The van der Waals surface area contributed by atoms with Gasteiger partial charge in [-0.2, -0.15) is 0 Å². The Labute approximate surface area is 128 Å². The molecule has 21 heavy (non-hydrogen) atoms. The molecular weight excluding hydrogens is 262 g/mol.